The topological polar surface area (TPSA) is 79.8 Å². The summed E-state index contributed by atoms with van der Waals surface area (Å²) in [5.74, 6) is 1.76. The van der Waals surface area contributed by atoms with Gasteiger partial charge >= 0.3 is 0 Å². The molecule has 0 aliphatic carbocycles. The Morgan fingerprint density at radius 3 is 2.64 bits per heavy atom. The molecule has 1 aromatic carbocycles. The molecule has 1 fully saturated rings. The number of carbonyl (C=O) groups excluding carboxylic acids is 1. The molecule has 1 atom stereocenters. The van der Waals surface area contributed by atoms with E-state index in [1.54, 1.807) is 5.48 Å². The molecule has 1 heterocycles. The van der Waals surface area contributed by atoms with Crippen molar-refractivity contribution in [3.8, 4) is 0 Å². The van der Waals surface area contributed by atoms with Crippen molar-refractivity contribution in [2.45, 2.75) is 51.9 Å². The largest absolute Gasteiger partial charge is 0.306 e. The van der Waals surface area contributed by atoms with Crippen molar-refractivity contribution in [2.24, 2.45) is 0 Å². The van der Waals surface area contributed by atoms with Crippen LogP contribution in [0.2, 0.25) is 0 Å². The van der Waals surface area contributed by atoms with E-state index in [4.69, 9.17) is 14.4 Å². The monoisotopic (exact) mass is 368 g/mol. The lowest BCUT2D eigenvalue weighted by Gasteiger charge is -2.09. The summed E-state index contributed by atoms with van der Waals surface area (Å²) < 4.78 is 8.63. The number of benzene rings is 1. The van der Waals surface area contributed by atoms with E-state index < -0.39 is 11.4 Å². The molecule has 1 aliphatic rings. The van der Waals surface area contributed by atoms with Crippen molar-refractivity contribution >= 4 is 23.3 Å². The van der Waals surface area contributed by atoms with Crippen molar-refractivity contribution in [2.75, 3.05) is 5.75 Å². The molecule has 1 aliphatic heterocycles. The Morgan fingerprint density at radius 2 is 1.96 bits per heavy atom. The lowest BCUT2D eigenvalue weighted by atomic mass is 10.0. The van der Waals surface area contributed by atoms with Crippen molar-refractivity contribution in [1.29, 1.82) is 0 Å². The highest BCUT2D eigenvalue weighted by Crippen LogP contribution is 2.33. The zero-order valence-corrected chi connectivity index (χ0v) is 15.7. The molecule has 25 heavy (non-hydrogen) atoms. The molecule has 1 aromatic rings. The number of carbonyl (C=O) groups is 1. The second kappa shape index (κ2) is 10.3. The standard InChI is InChI=1S/C18H28N2O4S/c1-14(2)16-10-8-15(9-11-16)13-18-20-25(24-23-18)12-6-4-3-5-7-17(21)19-22/h8-11,13-14,20,22,25H,3-7,12H2,1-2H3,(H,19,21)/b18-13-. The summed E-state index contributed by atoms with van der Waals surface area (Å²) in [4.78, 5) is 16.2. The summed E-state index contributed by atoms with van der Waals surface area (Å²) in [6, 6.07) is 8.42. The molecule has 0 radical (unpaired) electrons. The van der Waals surface area contributed by atoms with Gasteiger partial charge in [-0.15, -0.1) is 4.33 Å². The summed E-state index contributed by atoms with van der Waals surface area (Å²) in [5.41, 5.74) is 4.04. The quantitative estimate of drug-likeness (QED) is 0.174. The summed E-state index contributed by atoms with van der Waals surface area (Å²) in [6.07, 6.45) is 6.10. The second-order valence-corrected chi connectivity index (χ2v) is 7.98. The fraction of sp³-hybridized carbons (Fsp3) is 0.500. The minimum atomic E-state index is -0.793. The molecule has 0 spiro atoms. The van der Waals surface area contributed by atoms with E-state index >= 15 is 0 Å². The van der Waals surface area contributed by atoms with E-state index in [9.17, 15) is 4.79 Å². The zero-order valence-electron chi connectivity index (χ0n) is 14.8. The summed E-state index contributed by atoms with van der Waals surface area (Å²) in [5, 5.41) is 8.41. The molecule has 1 unspecified atom stereocenters. The number of unbranched alkanes of at least 4 members (excludes halogenated alkanes) is 3. The maximum atomic E-state index is 10.9. The van der Waals surface area contributed by atoms with E-state index in [0.29, 0.717) is 18.2 Å². The maximum absolute atomic E-state index is 10.9. The number of rotatable bonds is 9. The van der Waals surface area contributed by atoms with E-state index in [-0.39, 0.29) is 5.91 Å². The van der Waals surface area contributed by atoms with E-state index in [1.165, 1.54) is 5.56 Å². The maximum Gasteiger partial charge on any atom is 0.243 e. The minimum absolute atomic E-state index is 0.324. The van der Waals surface area contributed by atoms with Gasteiger partial charge in [-0.2, -0.15) is 0 Å². The van der Waals surface area contributed by atoms with Gasteiger partial charge in [-0.3, -0.25) is 14.7 Å². The van der Waals surface area contributed by atoms with Crippen LogP contribution in [0.25, 0.3) is 6.08 Å². The lowest BCUT2D eigenvalue weighted by molar-refractivity contribution is -0.135. The molecule has 1 amide bonds. The number of thiol groups is 1. The average molecular weight is 368 g/mol. The van der Waals surface area contributed by atoms with Crippen molar-refractivity contribution in [3.63, 3.8) is 0 Å². The lowest BCUT2D eigenvalue weighted by Crippen LogP contribution is -2.17. The van der Waals surface area contributed by atoms with Crippen molar-refractivity contribution < 1.29 is 19.2 Å². The van der Waals surface area contributed by atoms with Gasteiger partial charge in [0.1, 0.15) is 0 Å². The minimum Gasteiger partial charge on any atom is -0.306 e. The van der Waals surface area contributed by atoms with Crippen LogP contribution in [0, 0.1) is 0 Å². The fourth-order valence-electron chi connectivity index (χ4n) is 2.47. The Hall–Kier alpha value is -1.70. The molecule has 6 nitrogen and oxygen atoms in total. The third-order valence-corrected chi connectivity index (χ3v) is 5.44. The van der Waals surface area contributed by atoms with Crippen LogP contribution in [0.5, 0.6) is 0 Å². The van der Waals surface area contributed by atoms with Crippen LogP contribution in [0.15, 0.2) is 30.1 Å². The molecular weight excluding hydrogens is 340 g/mol. The van der Waals surface area contributed by atoms with Crippen LogP contribution in [0.4, 0.5) is 0 Å². The third-order valence-electron chi connectivity index (χ3n) is 3.99. The first-order chi connectivity index (χ1) is 12.1. The first-order valence-electron chi connectivity index (χ1n) is 8.72. The molecule has 0 aromatic heterocycles. The highest BCUT2D eigenvalue weighted by atomic mass is 32.2. The van der Waals surface area contributed by atoms with Crippen LogP contribution in [0.1, 0.15) is 63.0 Å². The second-order valence-electron chi connectivity index (χ2n) is 6.40. The predicted octanol–water partition coefficient (Wildman–Crippen LogP) is 3.95. The highest BCUT2D eigenvalue weighted by Gasteiger charge is 2.17. The van der Waals surface area contributed by atoms with Crippen molar-refractivity contribution in [1.82, 2.24) is 10.2 Å². The van der Waals surface area contributed by atoms with Crippen molar-refractivity contribution in [3.05, 3.63) is 41.3 Å². The number of hydroxylamine groups is 1. The van der Waals surface area contributed by atoms with Gasteiger partial charge in [0.2, 0.25) is 11.8 Å². The Labute approximate surface area is 152 Å². The van der Waals surface area contributed by atoms with Crippen LogP contribution >= 0.6 is 11.4 Å². The Bertz CT molecular complexity index is 575. The van der Waals surface area contributed by atoms with Gasteiger partial charge in [-0.1, -0.05) is 51.0 Å². The third kappa shape index (κ3) is 6.97. The smallest absolute Gasteiger partial charge is 0.243 e. The molecule has 1 saturated heterocycles. The van der Waals surface area contributed by atoms with Gasteiger partial charge in [0.15, 0.2) is 0 Å². The Morgan fingerprint density at radius 1 is 1.24 bits per heavy atom. The molecule has 0 bridgehead atoms. The molecule has 7 heteroatoms. The van der Waals surface area contributed by atoms with Gasteiger partial charge in [0.25, 0.3) is 0 Å². The average Bonchev–Trinajstić information content (AvgIpc) is 3.05. The van der Waals surface area contributed by atoms with Gasteiger partial charge < -0.3 is 4.89 Å². The number of amides is 1. The first kappa shape index (κ1) is 19.6. The summed E-state index contributed by atoms with van der Waals surface area (Å²) in [7, 11) is 0. The molecule has 2 rings (SSSR count). The van der Waals surface area contributed by atoms with Gasteiger partial charge in [0.05, 0.1) is 0 Å². The molecule has 140 valence electrons. The van der Waals surface area contributed by atoms with E-state index in [0.717, 1.165) is 37.0 Å². The number of hydrogen-bond donors (Lipinski definition) is 4. The number of hydrogen-bond acceptors (Lipinski definition) is 5. The summed E-state index contributed by atoms with van der Waals surface area (Å²) in [6.45, 7) is 4.36. The van der Waals surface area contributed by atoms with Gasteiger partial charge in [-0.25, -0.2) is 5.48 Å². The zero-order chi connectivity index (χ0) is 18.1. The Kier molecular flexibility index (Phi) is 8.11. The normalized spacial score (nSPS) is 19.7. The van der Waals surface area contributed by atoms with Gasteiger partial charge in [0, 0.05) is 18.2 Å². The fourth-order valence-corrected chi connectivity index (χ4v) is 3.73. The molecule has 0 saturated carbocycles. The number of nitrogens with one attached hydrogen (secondary N) is 2. The summed E-state index contributed by atoms with van der Waals surface area (Å²) >= 11 is -0.793. The first-order valence-corrected chi connectivity index (χ1v) is 10.2. The van der Waals surface area contributed by atoms with Crippen LogP contribution in [0.3, 0.4) is 0 Å². The molecular formula is C18H28N2O4S. The van der Waals surface area contributed by atoms with E-state index in [2.05, 4.69) is 42.8 Å². The predicted molar refractivity (Wildman–Crippen MR) is 101 cm³/mol. The van der Waals surface area contributed by atoms with Gasteiger partial charge in [-0.05, 0) is 41.2 Å². The highest BCUT2D eigenvalue weighted by molar-refractivity contribution is 8.11. The Balaban J connectivity index is 1.66. The van der Waals surface area contributed by atoms with E-state index in [1.807, 2.05) is 6.08 Å². The van der Waals surface area contributed by atoms with Crippen LogP contribution < -0.4 is 10.2 Å². The SMILES string of the molecule is CC(C)c1ccc(/C=C2/N[SH](CCCCCCC(=O)NO)OO2)cc1. The molecule has 3 N–H and O–H groups in total. The van der Waals surface area contributed by atoms with Crippen LogP contribution in [-0.4, -0.2) is 16.9 Å². The van der Waals surface area contributed by atoms with Crippen LogP contribution in [-0.2, 0) is 14.0 Å².